The summed E-state index contributed by atoms with van der Waals surface area (Å²) in [5.74, 6) is -1.10. The first-order valence-electron chi connectivity index (χ1n) is 6.83. The number of halogens is 1. The molecule has 6 heteroatoms. The van der Waals surface area contributed by atoms with Gasteiger partial charge < -0.3 is 15.0 Å². The van der Waals surface area contributed by atoms with Crippen LogP contribution >= 0.6 is 0 Å². The van der Waals surface area contributed by atoms with Crippen LogP contribution in [0.3, 0.4) is 0 Å². The van der Waals surface area contributed by atoms with Gasteiger partial charge >= 0.3 is 0 Å². The molecule has 1 aromatic rings. The SMILES string of the molecule is COCCCN(CCNC(=O)c1ccccc1F)C(C)=O. The fraction of sp³-hybridized carbons (Fsp3) is 0.467. The van der Waals surface area contributed by atoms with E-state index in [2.05, 4.69) is 5.32 Å². The highest BCUT2D eigenvalue weighted by molar-refractivity contribution is 5.94. The molecule has 1 aromatic carbocycles. The third kappa shape index (κ3) is 5.91. The highest BCUT2D eigenvalue weighted by atomic mass is 19.1. The number of carbonyl (C=O) groups excluding carboxylic acids is 2. The summed E-state index contributed by atoms with van der Waals surface area (Å²) in [4.78, 5) is 24.9. The first-order chi connectivity index (χ1) is 10.1. The Morgan fingerprint density at radius 3 is 2.62 bits per heavy atom. The van der Waals surface area contributed by atoms with Gasteiger partial charge in [-0.05, 0) is 18.6 Å². The first kappa shape index (κ1) is 17.1. The lowest BCUT2D eigenvalue weighted by atomic mass is 10.2. The van der Waals surface area contributed by atoms with Gasteiger partial charge in [-0.15, -0.1) is 0 Å². The van der Waals surface area contributed by atoms with Crippen LogP contribution < -0.4 is 5.32 Å². The topological polar surface area (TPSA) is 58.6 Å². The van der Waals surface area contributed by atoms with Gasteiger partial charge in [0.25, 0.3) is 5.91 Å². The van der Waals surface area contributed by atoms with Crippen LogP contribution in [0.2, 0.25) is 0 Å². The van der Waals surface area contributed by atoms with Crippen LogP contribution in [0.25, 0.3) is 0 Å². The van der Waals surface area contributed by atoms with Gasteiger partial charge in [0.05, 0.1) is 5.56 Å². The van der Waals surface area contributed by atoms with Crippen molar-refractivity contribution in [3.05, 3.63) is 35.6 Å². The summed E-state index contributed by atoms with van der Waals surface area (Å²) in [6.45, 7) is 3.29. The number of methoxy groups -OCH3 is 1. The zero-order chi connectivity index (χ0) is 15.7. The Morgan fingerprint density at radius 1 is 1.29 bits per heavy atom. The number of ether oxygens (including phenoxy) is 1. The summed E-state index contributed by atoms with van der Waals surface area (Å²) in [6.07, 6.45) is 0.733. The Morgan fingerprint density at radius 2 is 2.00 bits per heavy atom. The van der Waals surface area contributed by atoms with Gasteiger partial charge in [-0.1, -0.05) is 12.1 Å². The van der Waals surface area contributed by atoms with Crippen LogP contribution in [0.5, 0.6) is 0 Å². The van der Waals surface area contributed by atoms with Crippen molar-refractivity contribution in [3.8, 4) is 0 Å². The highest BCUT2D eigenvalue weighted by Gasteiger charge is 2.12. The Bertz CT molecular complexity index is 480. The van der Waals surface area contributed by atoms with Crippen molar-refractivity contribution in [2.45, 2.75) is 13.3 Å². The standard InChI is InChI=1S/C15H21FN2O3/c1-12(19)18(9-5-11-21-2)10-8-17-15(20)13-6-3-4-7-14(13)16/h3-4,6-7H,5,8-11H2,1-2H3,(H,17,20). The predicted octanol–water partition coefficient (Wildman–Crippen LogP) is 1.44. The van der Waals surface area contributed by atoms with E-state index in [-0.39, 0.29) is 18.0 Å². The van der Waals surface area contributed by atoms with E-state index in [1.165, 1.54) is 25.1 Å². The molecule has 0 radical (unpaired) electrons. The number of amides is 2. The molecule has 0 aliphatic heterocycles. The average Bonchev–Trinajstić information content (AvgIpc) is 2.45. The van der Waals surface area contributed by atoms with E-state index < -0.39 is 11.7 Å². The lowest BCUT2D eigenvalue weighted by Gasteiger charge is -2.21. The molecule has 2 amide bonds. The molecule has 116 valence electrons. The van der Waals surface area contributed by atoms with Crippen LogP contribution in [-0.2, 0) is 9.53 Å². The Kier molecular flexibility index (Phi) is 7.39. The molecule has 0 unspecified atom stereocenters. The number of rotatable bonds is 8. The fourth-order valence-corrected chi connectivity index (χ4v) is 1.87. The molecule has 0 atom stereocenters. The van der Waals surface area contributed by atoms with Gasteiger partial charge in [0, 0.05) is 40.3 Å². The van der Waals surface area contributed by atoms with Crippen molar-refractivity contribution >= 4 is 11.8 Å². The summed E-state index contributed by atoms with van der Waals surface area (Å²) in [5.41, 5.74) is 0.00579. The van der Waals surface area contributed by atoms with Gasteiger partial charge in [-0.25, -0.2) is 4.39 Å². The van der Waals surface area contributed by atoms with Crippen molar-refractivity contribution in [3.63, 3.8) is 0 Å². The second-order valence-corrected chi connectivity index (χ2v) is 4.59. The minimum absolute atomic E-state index is 0.00579. The summed E-state index contributed by atoms with van der Waals surface area (Å²) < 4.78 is 18.4. The van der Waals surface area contributed by atoms with E-state index in [9.17, 15) is 14.0 Å². The molecule has 0 fully saturated rings. The van der Waals surface area contributed by atoms with E-state index in [0.29, 0.717) is 19.7 Å². The summed E-state index contributed by atoms with van der Waals surface area (Å²) in [7, 11) is 1.60. The fourth-order valence-electron chi connectivity index (χ4n) is 1.87. The van der Waals surface area contributed by atoms with Gasteiger partial charge in [-0.2, -0.15) is 0 Å². The monoisotopic (exact) mass is 296 g/mol. The molecule has 5 nitrogen and oxygen atoms in total. The third-order valence-electron chi connectivity index (χ3n) is 3.01. The van der Waals surface area contributed by atoms with Crippen LogP contribution in [0, 0.1) is 5.82 Å². The van der Waals surface area contributed by atoms with Gasteiger partial charge in [-0.3, -0.25) is 9.59 Å². The van der Waals surface area contributed by atoms with E-state index in [1.54, 1.807) is 18.1 Å². The number of nitrogens with one attached hydrogen (secondary N) is 1. The van der Waals surface area contributed by atoms with Crippen LogP contribution in [-0.4, -0.2) is 50.1 Å². The van der Waals surface area contributed by atoms with E-state index in [0.717, 1.165) is 6.42 Å². The van der Waals surface area contributed by atoms with Gasteiger partial charge in [0.1, 0.15) is 5.82 Å². The smallest absolute Gasteiger partial charge is 0.254 e. The Balaban J connectivity index is 2.41. The molecular formula is C15H21FN2O3. The lowest BCUT2D eigenvalue weighted by Crippen LogP contribution is -2.38. The van der Waals surface area contributed by atoms with Crippen molar-refractivity contribution < 1.29 is 18.7 Å². The van der Waals surface area contributed by atoms with Crippen molar-refractivity contribution in [1.29, 1.82) is 0 Å². The zero-order valence-electron chi connectivity index (χ0n) is 12.4. The molecule has 0 spiro atoms. The molecule has 1 N–H and O–H groups in total. The number of hydrogen-bond donors (Lipinski definition) is 1. The normalized spacial score (nSPS) is 10.2. The number of carbonyl (C=O) groups is 2. The molecule has 0 bridgehead atoms. The first-order valence-corrected chi connectivity index (χ1v) is 6.83. The third-order valence-corrected chi connectivity index (χ3v) is 3.01. The molecule has 1 rings (SSSR count). The molecular weight excluding hydrogens is 275 g/mol. The van der Waals surface area contributed by atoms with Gasteiger partial charge in [0.2, 0.25) is 5.91 Å². The minimum Gasteiger partial charge on any atom is -0.385 e. The van der Waals surface area contributed by atoms with Crippen molar-refractivity contribution in [2.75, 3.05) is 33.4 Å². The highest BCUT2D eigenvalue weighted by Crippen LogP contribution is 2.05. The largest absolute Gasteiger partial charge is 0.385 e. The summed E-state index contributed by atoms with van der Waals surface area (Å²) >= 11 is 0. The lowest BCUT2D eigenvalue weighted by molar-refractivity contribution is -0.129. The van der Waals surface area contributed by atoms with E-state index in [4.69, 9.17) is 4.74 Å². The van der Waals surface area contributed by atoms with E-state index >= 15 is 0 Å². The Hall–Kier alpha value is -1.95. The van der Waals surface area contributed by atoms with Crippen molar-refractivity contribution in [2.24, 2.45) is 0 Å². The molecule has 21 heavy (non-hydrogen) atoms. The number of benzene rings is 1. The molecule has 0 aliphatic rings. The van der Waals surface area contributed by atoms with Crippen LogP contribution in [0.15, 0.2) is 24.3 Å². The minimum atomic E-state index is -0.557. The molecule has 0 saturated heterocycles. The van der Waals surface area contributed by atoms with Crippen LogP contribution in [0.4, 0.5) is 4.39 Å². The molecule has 0 aromatic heterocycles. The van der Waals surface area contributed by atoms with Crippen LogP contribution in [0.1, 0.15) is 23.7 Å². The predicted molar refractivity (Wildman–Crippen MR) is 77.5 cm³/mol. The Labute approximate surface area is 124 Å². The maximum Gasteiger partial charge on any atom is 0.254 e. The second-order valence-electron chi connectivity index (χ2n) is 4.59. The molecule has 0 heterocycles. The number of hydrogen-bond acceptors (Lipinski definition) is 3. The van der Waals surface area contributed by atoms with Gasteiger partial charge in [0.15, 0.2) is 0 Å². The van der Waals surface area contributed by atoms with Crippen molar-refractivity contribution in [1.82, 2.24) is 10.2 Å². The average molecular weight is 296 g/mol. The number of nitrogens with zero attached hydrogens (tertiary/aromatic N) is 1. The maximum absolute atomic E-state index is 13.4. The second kappa shape index (κ2) is 9.07. The quantitative estimate of drug-likeness (QED) is 0.739. The summed E-state index contributed by atoms with van der Waals surface area (Å²) in [6, 6.07) is 5.79. The zero-order valence-corrected chi connectivity index (χ0v) is 12.4. The summed E-state index contributed by atoms with van der Waals surface area (Å²) in [5, 5.41) is 2.61. The maximum atomic E-state index is 13.4. The van der Waals surface area contributed by atoms with E-state index in [1.807, 2.05) is 0 Å². The molecule has 0 aliphatic carbocycles. The molecule has 0 saturated carbocycles.